The summed E-state index contributed by atoms with van der Waals surface area (Å²) in [5.41, 5.74) is 0. The molecule has 0 aliphatic rings. The van der Waals surface area contributed by atoms with Gasteiger partial charge in [0.25, 0.3) is 0 Å². The van der Waals surface area contributed by atoms with Crippen LogP contribution in [-0.2, 0) is 9.53 Å². The van der Waals surface area contributed by atoms with E-state index in [0.29, 0.717) is 18.9 Å². The highest BCUT2D eigenvalue weighted by molar-refractivity contribution is 5.70. The Labute approximate surface area is 93.6 Å². The molecule has 1 unspecified atom stereocenters. The third-order valence-electron chi connectivity index (χ3n) is 2.21. The summed E-state index contributed by atoms with van der Waals surface area (Å²) in [4.78, 5) is 11.3. The van der Waals surface area contributed by atoms with Crippen LogP contribution in [0, 0.1) is 5.92 Å². The number of hydrogen-bond acceptors (Lipinski definition) is 3. The molecular weight excluding hydrogens is 190 g/mol. The Morgan fingerprint density at radius 1 is 1.33 bits per heavy atom. The fourth-order valence-electron chi connectivity index (χ4n) is 1.41. The van der Waals surface area contributed by atoms with Gasteiger partial charge < -0.3 is 10.1 Å². The molecule has 0 radical (unpaired) electrons. The van der Waals surface area contributed by atoms with Crippen molar-refractivity contribution < 1.29 is 9.53 Å². The number of nitrogens with one attached hydrogen (secondary N) is 1. The third kappa shape index (κ3) is 9.73. The smallest absolute Gasteiger partial charge is 0.307 e. The summed E-state index contributed by atoms with van der Waals surface area (Å²) in [6.07, 6.45) is 2.56. The van der Waals surface area contributed by atoms with Gasteiger partial charge in [-0.15, -0.1) is 0 Å². The van der Waals surface area contributed by atoms with Gasteiger partial charge >= 0.3 is 5.97 Å². The second kappa shape index (κ2) is 8.72. The summed E-state index contributed by atoms with van der Waals surface area (Å²) in [7, 11) is 0. The minimum absolute atomic E-state index is 0.0905. The standard InChI is InChI=1S/C12H25NO2/c1-5-13-11(4)9-12(14)15-8-6-7-10(2)3/h10-11,13H,5-9H2,1-4H3. The number of rotatable bonds is 8. The first-order valence-corrected chi connectivity index (χ1v) is 5.95. The Balaban J connectivity index is 3.40. The highest BCUT2D eigenvalue weighted by atomic mass is 16.5. The largest absolute Gasteiger partial charge is 0.466 e. The van der Waals surface area contributed by atoms with E-state index in [9.17, 15) is 4.79 Å². The van der Waals surface area contributed by atoms with Crippen LogP contribution in [-0.4, -0.2) is 25.2 Å². The van der Waals surface area contributed by atoms with E-state index in [1.54, 1.807) is 0 Å². The summed E-state index contributed by atoms with van der Waals surface area (Å²) in [5, 5.41) is 3.18. The molecule has 0 fully saturated rings. The maximum absolute atomic E-state index is 11.3. The van der Waals surface area contributed by atoms with E-state index in [4.69, 9.17) is 4.74 Å². The Bertz CT molecular complexity index is 169. The first kappa shape index (κ1) is 14.4. The monoisotopic (exact) mass is 215 g/mol. The molecule has 0 saturated carbocycles. The number of esters is 1. The van der Waals surface area contributed by atoms with Crippen LogP contribution in [0.25, 0.3) is 0 Å². The van der Waals surface area contributed by atoms with Crippen molar-refractivity contribution in [3.63, 3.8) is 0 Å². The number of carbonyl (C=O) groups is 1. The summed E-state index contributed by atoms with van der Waals surface area (Å²) < 4.78 is 5.13. The Kier molecular flexibility index (Phi) is 8.38. The molecule has 0 aromatic carbocycles. The highest BCUT2D eigenvalue weighted by Crippen LogP contribution is 2.04. The molecule has 1 atom stereocenters. The number of hydrogen-bond donors (Lipinski definition) is 1. The SMILES string of the molecule is CCNC(C)CC(=O)OCCCC(C)C. The molecule has 0 saturated heterocycles. The second-order valence-corrected chi connectivity index (χ2v) is 4.42. The average molecular weight is 215 g/mol. The van der Waals surface area contributed by atoms with E-state index in [-0.39, 0.29) is 12.0 Å². The van der Waals surface area contributed by atoms with Crippen LogP contribution in [0.2, 0.25) is 0 Å². The van der Waals surface area contributed by atoms with Crippen molar-refractivity contribution in [2.75, 3.05) is 13.2 Å². The number of ether oxygens (including phenoxy) is 1. The average Bonchev–Trinajstić information content (AvgIpc) is 2.12. The van der Waals surface area contributed by atoms with Crippen LogP contribution in [0.1, 0.15) is 47.0 Å². The van der Waals surface area contributed by atoms with Crippen LogP contribution >= 0.6 is 0 Å². The van der Waals surface area contributed by atoms with Gasteiger partial charge in [-0.05, 0) is 32.2 Å². The van der Waals surface area contributed by atoms with Gasteiger partial charge in [0.2, 0.25) is 0 Å². The molecule has 3 nitrogen and oxygen atoms in total. The molecule has 0 bridgehead atoms. The minimum Gasteiger partial charge on any atom is -0.466 e. The van der Waals surface area contributed by atoms with Crippen molar-refractivity contribution in [1.82, 2.24) is 5.32 Å². The third-order valence-corrected chi connectivity index (χ3v) is 2.21. The second-order valence-electron chi connectivity index (χ2n) is 4.42. The van der Waals surface area contributed by atoms with Crippen molar-refractivity contribution in [2.24, 2.45) is 5.92 Å². The van der Waals surface area contributed by atoms with Gasteiger partial charge in [0.1, 0.15) is 0 Å². The molecule has 90 valence electrons. The normalized spacial score (nSPS) is 12.9. The zero-order chi connectivity index (χ0) is 11.7. The van der Waals surface area contributed by atoms with E-state index in [1.165, 1.54) is 0 Å². The lowest BCUT2D eigenvalue weighted by Crippen LogP contribution is -2.28. The van der Waals surface area contributed by atoms with E-state index >= 15 is 0 Å². The van der Waals surface area contributed by atoms with Crippen molar-refractivity contribution >= 4 is 5.97 Å². The first-order chi connectivity index (χ1) is 7.06. The van der Waals surface area contributed by atoms with Gasteiger partial charge in [0.15, 0.2) is 0 Å². The molecule has 3 heteroatoms. The van der Waals surface area contributed by atoms with Gasteiger partial charge in [-0.1, -0.05) is 20.8 Å². The van der Waals surface area contributed by atoms with Gasteiger partial charge in [-0.3, -0.25) is 4.79 Å². The Hall–Kier alpha value is -0.570. The molecule has 0 aliphatic carbocycles. The maximum atomic E-state index is 11.3. The molecule has 0 spiro atoms. The van der Waals surface area contributed by atoms with Gasteiger partial charge in [-0.2, -0.15) is 0 Å². The van der Waals surface area contributed by atoms with Gasteiger partial charge in [-0.25, -0.2) is 0 Å². The fourth-order valence-corrected chi connectivity index (χ4v) is 1.41. The van der Waals surface area contributed by atoms with Crippen LogP contribution < -0.4 is 5.32 Å². The minimum atomic E-state index is -0.0905. The van der Waals surface area contributed by atoms with Crippen molar-refractivity contribution in [2.45, 2.75) is 53.0 Å². The van der Waals surface area contributed by atoms with Gasteiger partial charge in [0.05, 0.1) is 13.0 Å². The zero-order valence-electron chi connectivity index (χ0n) is 10.5. The van der Waals surface area contributed by atoms with Gasteiger partial charge in [0, 0.05) is 6.04 Å². The van der Waals surface area contributed by atoms with Crippen LogP contribution in [0.5, 0.6) is 0 Å². The van der Waals surface area contributed by atoms with Crippen LogP contribution in [0.15, 0.2) is 0 Å². The molecule has 15 heavy (non-hydrogen) atoms. The molecule has 0 aromatic heterocycles. The summed E-state index contributed by atoms with van der Waals surface area (Å²) >= 11 is 0. The lowest BCUT2D eigenvalue weighted by Gasteiger charge is -2.11. The summed E-state index contributed by atoms with van der Waals surface area (Å²) in [6, 6.07) is 0.215. The predicted molar refractivity (Wildman–Crippen MR) is 62.8 cm³/mol. The topological polar surface area (TPSA) is 38.3 Å². The van der Waals surface area contributed by atoms with Crippen LogP contribution in [0.4, 0.5) is 0 Å². The summed E-state index contributed by atoms with van der Waals surface area (Å²) in [5.74, 6) is 0.594. The fraction of sp³-hybridized carbons (Fsp3) is 0.917. The quantitative estimate of drug-likeness (QED) is 0.499. The molecular formula is C12H25NO2. The Morgan fingerprint density at radius 3 is 2.53 bits per heavy atom. The first-order valence-electron chi connectivity index (χ1n) is 5.95. The predicted octanol–water partition coefficient (Wildman–Crippen LogP) is 2.35. The lowest BCUT2D eigenvalue weighted by molar-refractivity contribution is -0.144. The van der Waals surface area contributed by atoms with E-state index in [2.05, 4.69) is 19.2 Å². The zero-order valence-corrected chi connectivity index (χ0v) is 10.5. The molecule has 0 aromatic rings. The molecule has 1 N–H and O–H groups in total. The van der Waals surface area contributed by atoms with E-state index in [1.807, 2.05) is 13.8 Å². The molecule has 0 heterocycles. The molecule has 0 amide bonds. The maximum Gasteiger partial charge on any atom is 0.307 e. The van der Waals surface area contributed by atoms with Crippen molar-refractivity contribution in [3.05, 3.63) is 0 Å². The Morgan fingerprint density at radius 2 is 2.00 bits per heavy atom. The molecule has 0 rings (SSSR count). The summed E-state index contributed by atoms with van der Waals surface area (Å²) in [6.45, 7) is 9.84. The lowest BCUT2D eigenvalue weighted by atomic mass is 10.1. The highest BCUT2D eigenvalue weighted by Gasteiger charge is 2.08. The van der Waals surface area contributed by atoms with Crippen molar-refractivity contribution in [3.8, 4) is 0 Å². The van der Waals surface area contributed by atoms with Crippen molar-refractivity contribution in [1.29, 1.82) is 0 Å². The molecule has 0 aliphatic heterocycles. The number of carbonyl (C=O) groups excluding carboxylic acids is 1. The van der Waals surface area contributed by atoms with E-state index < -0.39 is 0 Å². The van der Waals surface area contributed by atoms with Crippen LogP contribution in [0.3, 0.4) is 0 Å². The van der Waals surface area contributed by atoms with E-state index in [0.717, 1.165) is 19.4 Å².